The molecule has 0 saturated carbocycles. The highest BCUT2D eigenvalue weighted by Crippen LogP contribution is 2.29. The Hall–Kier alpha value is -1.43. The van der Waals surface area contributed by atoms with Gasteiger partial charge in [0, 0.05) is 25.7 Å². The van der Waals surface area contributed by atoms with Gasteiger partial charge in [-0.3, -0.25) is 9.69 Å². The molecule has 5 nitrogen and oxygen atoms in total. The second-order valence-corrected chi connectivity index (χ2v) is 8.77. The van der Waals surface area contributed by atoms with Crippen molar-refractivity contribution in [3.63, 3.8) is 0 Å². The van der Waals surface area contributed by atoms with Crippen LogP contribution in [0.2, 0.25) is 0 Å². The van der Waals surface area contributed by atoms with Crippen molar-refractivity contribution in [2.75, 3.05) is 46.4 Å². The molecule has 1 unspecified atom stereocenters. The summed E-state index contributed by atoms with van der Waals surface area (Å²) in [5.74, 6) is 0.828. The lowest BCUT2D eigenvalue weighted by atomic mass is 9.94. The highest BCUT2D eigenvalue weighted by molar-refractivity contribution is 5.78. The van der Waals surface area contributed by atoms with Crippen molar-refractivity contribution in [1.29, 1.82) is 0 Å². The number of benzene rings is 1. The fourth-order valence-corrected chi connectivity index (χ4v) is 5.18. The minimum absolute atomic E-state index is 0.215. The van der Waals surface area contributed by atoms with Crippen molar-refractivity contribution in [2.45, 2.75) is 50.7 Å². The number of fused-ring (bicyclic) bond motifs is 1. The van der Waals surface area contributed by atoms with Crippen LogP contribution in [0.15, 0.2) is 24.3 Å². The van der Waals surface area contributed by atoms with Crippen molar-refractivity contribution in [2.24, 2.45) is 5.92 Å². The second-order valence-electron chi connectivity index (χ2n) is 8.77. The summed E-state index contributed by atoms with van der Waals surface area (Å²) >= 11 is 0. The lowest BCUT2D eigenvalue weighted by molar-refractivity contribution is -0.132. The number of amides is 1. The summed E-state index contributed by atoms with van der Waals surface area (Å²) in [6, 6.07) is 9.58. The van der Waals surface area contributed by atoms with E-state index in [9.17, 15) is 4.79 Å². The van der Waals surface area contributed by atoms with E-state index in [-0.39, 0.29) is 12.0 Å². The highest BCUT2D eigenvalue weighted by atomic mass is 16.5. The van der Waals surface area contributed by atoms with E-state index in [0.717, 1.165) is 45.6 Å². The van der Waals surface area contributed by atoms with Crippen LogP contribution < -0.4 is 5.32 Å². The molecular weight excluding hydrogens is 350 g/mol. The number of carbonyl (C=O) groups is 1. The van der Waals surface area contributed by atoms with Crippen LogP contribution in [-0.4, -0.2) is 74.2 Å². The van der Waals surface area contributed by atoms with Gasteiger partial charge in [0.05, 0.1) is 12.6 Å². The van der Waals surface area contributed by atoms with Gasteiger partial charge in [0.2, 0.25) is 5.91 Å². The number of hydrogen-bond acceptors (Lipinski definition) is 4. The van der Waals surface area contributed by atoms with E-state index in [1.165, 1.54) is 36.8 Å². The molecule has 3 aliphatic rings. The molecule has 2 heterocycles. The molecule has 154 valence electrons. The van der Waals surface area contributed by atoms with Crippen LogP contribution in [0.25, 0.3) is 0 Å². The molecule has 2 aliphatic heterocycles. The molecule has 1 aromatic carbocycles. The fourth-order valence-electron chi connectivity index (χ4n) is 5.18. The summed E-state index contributed by atoms with van der Waals surface area (Å²) in [6.07, 6.45) is 7.24. The van der Waals surface area contributed by atoms with Crippen molar-refractivity contribution < 1.29 is 9.53 Å². The van der Waals surface area contributed by atoms with Crippen LogP contribution in [0.3, 0.4) is 0 Å². The van der Waals surface area contributed by atoms with Crippen LogP contribution >= 0.6 is 0 Å². The Labute approximate surface area is 169 Å². The summed E-state index contributed by atoms with van der Waals surface area (Å²) in [5, 5.41) is 3.02. The highest BCUT2D eigenvalue weighted by Gasteiger charge is 2.31. The minimum atomic E-state index is 0.215. The molecule has 2 fully saturated rings. The van der Waals surface area contributed by atoms with E-state index in [1.807, 2.05) is 7.05 Å². The van der Waals surface area contributed by atoms with Crippen molar-refractivity contribution in [3.05, 3.63) is 35.4 Å². The number of likely N-dealkylation sites (N-methyl/N-ethyl adjacent to an activating group) is 1. The van der Waals surface area contributed by atoms with E-state index in [0.29, 0.717) is 18.5 Å². The molecule has 1 atom stereocenters. The quantitative estimate of drug-likeness (QED) is 0.781. The van der Waals surface area contributed by atoms with E-state index in [1.54, 1.807) is 0 Å². The number of carbonyl (C=O) groups excluding carboxylic acids is 1. The van der Waals surface area contributed by atoms with E-state index >= 15 is 0 Å². The van der Waals surface area contributed by atoms with Crippen molar-refractivity contribution in [3.8, 4) is 0 Å². The zero-order valence-electron chi connectivity index (χ0n) is 17.2. The SMILES string of the molecule is CNCC(=O)N(CC1CCN(C2Cc3ccccc3C2)CC1)CC1CCCO1. The van der Waals surface area contributed by atoms with Crippen LogP contribution in [0.4, 0.5) is 0 Å². The Bertz CT molecular complexity index is 626. The number of nitrogens with one attached hydrogen (secondary N) is 1. The molecule has 5 heteroatoms. The van der Waals surface area contributed by atoms with Gasteiger partial charge in [0.25, 0.3) is 0 Å². The second kappa shape index (κ2) is 9.38. The summed E-state index contributed by atoms with van der Waals surface area (Å²) < 4.78 is 5.79. The first-order valence-electron chi connectivity index (χ1n) is 11.1. The van der Waals surface area contributed by atoms with Crippen LogP contribution in [0.5, 0.6) is 0 Å². The van der Waals surface area contributed by atoms with Gasteiger partial charge in [-0.05, 0) is 75.7 Å². The normalized spacial score (nSPS) is 23.8. The smallest absolute Gasteiger partial charge is 0.236 e. The maximum Gasteiger partial charge on any atom is 0.236 e. The number of likely N-dealkylation sites (tertiary alicyclic amines) is 1. The minimum Gasteiger partial charge on any atom is -0.376 e. The van der Waals surface area contributed by atoms with Gasteiger partial charge in [-0.15, -0.1) is 0 Å². The zero-order valence-corrected chi connectivity index (χ0v) is 17.2. The van der Waals surface area contributed by atoms with Gasteiger partial charge in [0.1, 0.15) is 0 Å². The summed E-state index contributed by atoms with van der Waals surface area (Å²) in [6.45, 7) is 5.25. The lowest BCUT2D eigenvalue weighted by Crippen LogP contribution is -2.47. The third-order valence-electron chi connectivity index (χ3n) is 6.80. The molecule has 1 aliphatic carbocycles. The molecule has 0 spiro atoms. The molecule has 1 aromatic rings. The topological polar surface area (TPSA) is 44.8 Å². The van der Waals surface area contributed by atoms with Crippen LogP contribution in [0.1, 0.15) is 36.8 Å². The molecule has 0 radical (unpaired) electrons. The number of ether oxygens (including phenoxy) is 1. The molecule has 4 rings (SSSR count). The van der Waals surface area contributed by atoms with Gasteiger partial charge in [-0.2, -0.15) is 0 Å². The number of nitrogens with zero attached hydrogens (tertiary/aromatic N) is 2. The predicted molar refractivity (Wildman–Crippen MR) is 111 cm³/mol. The third-order valence-corrected chi connectivity index (χ3v) is 6.80. The van der Waals surface area contributed by atoms with Crippen molar-refractivity contribution >= 4 is 5.91 Å². The van der Waals surface area contributed by atoms with E-state index < -0.39 is 0 Å². The number of rotatable bonds is 7. The molecule has 1 amide bonds. The number of piperidine rings is 1. The molecular formula is C23H35N3O2. The molecule has 0 aromatic heterocycles. The summed E-state index contributed by atoms with van der Waals surface area (Å²) in [7, 11) is 1.85. The average molecular weight is 386 g/mol. The Balaban J connectivity index is 1.28. The third kappa shape index (κ3) is 4.76. The first kappa shape index (κ1) is 19.9. The average Bonchev–Trinajstić information content (AvgIpc) is 3.37. The predicted octanol–water partition coefficient (Wildman–Crippen LogP) is 2.09. The molecule has 2 saturated heterocycles. The Morgan fingerprint density at radius 1 is 1.14 bits per heavy atom. The largest absolute Gasteiger partial charge is 0.376 e. The van der Waals surface area contributed by atoms with E-state index in [2.05, 4.69) is 39.4 Å². The molecule has 0 bridgehead atoms. The Kier molecular flexibility index (Phi) is 6.65. The monoisotopic (exact) mass is 385 g/mol. The first-order chi connectivity index (χ1) is 13.7. The lowest BCUT2D eigenvalue weighted by Gasteiger charge is -2.38. The Morgan fingerprint density at radius 2 is 1.86 bits per heavy atom. The van der Waals surface area contributed by atoms with Crippen molar-refractivity contribution in [1.82, 2.24) is 15.1 Å². The van der Waals surface area contributed by atoms with Gasteiger partial charge in [-0.25, -0.2) is 0 Å². The summed E-state index contributed by atoms with van der Waals surface area (Å²) in [5.41, 5.74) is 3.07. The molecule has 28 heavy (non-hydrogen) atoms. The maximum absolute atomic E-state index is 12.6. The van der Waals surface area contributed by atoms with Gasteiger partial charge >= 0.3 is 0 Å². The van der Waals surface area contributed by atoms with Crippen LogP contribution in [-0.2, 0) is 22.4 Å². The van der Waals surface area contributed by atoms with Gasteiger partial charge in [0.15, 0.2) is 0 Å². The maximum atomic E-state index is 12.6. The van der Waals surface area contributed by atoms with Gasteiger partial charge < -0.3 is 15.0 Å². The Morgan fingerprint density at radius 3 is 2.46 bits per heavy atom. The van der Waals surface area contributed by atoms with Gasteiger partial charge in [-0.1, -0.05) is 24.3 Å². The zero-order chi connectivity index (χ0) is 19.3. The number of hydrogen-bond donors (Lipinski definition) is 1. The molecule has 1 N–H and O–H groups in total. The summed E-state index contributed by atoms with van der Waals surface area (Å²) in [4.78, 5) is 17.4. The standard InChI is InChI=1S/C23H35N3O2/c1-24-15-23(27)26(17-22-7-4-12-28-22)16-18-8-10-25(11-9-18)21-13-19-5-2-3-6-20(19)14-21/h2-3,5-6,18,21-22,24H,4,7-17H2,1H3. The first-order valence-corrected chi connectivity index (χ1v) is 11.1. The van der Waals surface area contributed by atoms with E-state index in [4.69, 9.17) is 4.74 Å². The van der Waals surface area contributed by atoms with Crippen LogP contribution in [0, 0.1) is 5.92 Å². The fraction of sp³-hybridized carbons (Fsp3) is 0.696.